The maximum Gasteiger partial charge on any atom is 0.510 e. The molecule has 2 N–H and O–H groups in total. The second kappa shape index (κ2) is 14.7. The lowest BCUT2D eigenvalue weighted by Crippen LogP contribution is -2.47. The van der Waals surface area contributed by atoms with Crippen molar-refractivity contribution in [1.29, 1.82) is 0 Å². The molecule has 0 aliphatic carbocycles. The summed E-state index contributed by atoms with van der Waals surface area (Å²) < 4.78 is 18.2. The number of hydrogen-bond donors (Lipinski definition) is 2. The number of anilines is 1. The molecule has 270 valence electrons. The van der Waals surface area contributed by atoms with E-state index in [2.05, 4.69) is 10.6 Å². The number of carbonyl (C=O) groups excluding carboxylic acids is 5. The van der Waals surface area contributed by atoms with E-state index >= 15 is 0 Å². The third-order valence-corrected chi connectivity index (χ3v) is 9.51. The second-order valence-corrected chi connectivity index (χ2v) is 12.9. The highest BCUT2D eigenvalue weighted by atomic mass is 16.7. The van der Waals surface area contributed by atoms with Gasteiger partial charge < -0.3 is 34.3 Å². The van der Waals surface area contributed by atoms with Gasteiger partial charge in [-0.25, -0.2) is 14.6 Å². The van der Waals surface area contributed by atoms with E-state index in [1.807, 2.05) is 38.1 Å². The monoisotopic (exact) mass is 709 g/mol. The Morgan fingerprint density at radius 3 is 2.54 bits per heavy atom. The Bertz CT molecular complexity index is 2140. The summed E-state index contributed by atoms with van der Waals surface area (Å²) in [6, 6.07) is 15.9. The number of rotatable bonds is 12. The molecule has 0 saturated carbocycles. The van der Waals surface area contributed by atoms with Crippen LogP contribution in [0.2, 0.25) is 0 Å². The first-order valence-electron chi connectivity index (χ1n) is 17.0. The Morgan fingerprint density at radius 2 is 1.85 bits per heavy atom. The minimum atomic E-state index is -1.95. The summed E-state index contributed by atoms with van der Waals surface area (Å²) in [6.45, 7) is 7.18. The van der Waals surface area contributed by atoms with E-state index in [0.717, 1.165) is 22.0 Å². The van der Waals surface area contributed by atoms with Crippen molar-refractivity contribution >= 4 is 46.9 Å². The van der Waals surface area contributed by atoms with E-state index in [0.29, 0.717) is 42.0 Å². The van der Waals surface area contributed by atoms with E-state index in [9.17, 15) is 28.8 Å². The summed E-state index contributed by atoms with van der Waals surface area (Å²) >= 11 is 0. The highest BCUT2D eigenvalue weighted by molar-refractivity contribution is 5.93. The number of para-hydroxylation sites is 1. The van der Waals surface area contributed by atoms with Gasteiger partial charge in [-0.15, -0.1) is 0 Å². The topological polar surface area (TPSA) is 175 Å². The van der Waals surface area contributed by atoms with Gasteiger partial charge in [0.2, 0.25) is 23.8 Å². The van der Waals surface area contributed by atoms with Crippen LogP contribution in [0.1, 0.15) is 61.9 Å². The first-order chi connectivity index (χ1) is 25.0. The maximum atomic E-state index is 14.2. The molecule has 14 heteroatoms. The molecule has 1 atom stereocenters. The van der Waals surface area contributed by atoms with Crippen molar-refractivity contribution < 1.29 is 38.2 Å². The number of esters is 1. The number of amides is 3. The van der Waals surface area contributed by atoms with Gasteiger partial charge in [-0.1, -0.05) is 37.3 Å². The number of cyclic esters (lactones) is 1. The largest absolute Gasteiger partial charge is 0.510 e. The summed E-state index contributed by atoms with van der Waals surface area (Å²) in [5.41, 5.74) is 2.73. The van der Waals surface area contributed by atoms with Crippen LogP contribution in [0.3, 0.4) is 0 Å². The number of benzene rings is 2. The molecule has 0 radical (unpaired) electrons. The molecule has 0 saturated heterocycles. The Hall–Kier alpha value is -6.05. The Kier molecular flexibility index (Phi) is 10.1. The highest BCUT2D eigenvalue weighted by Gasteiger charge is 2.51. The first kappa shape index (κ1) is 35.8. The number of nitrogens with one attached hydrogen (secondary N) is 2. The van der Waals surface area contributed by atoms with Crippen molar-refractivity contribution in [2.24, 2.45) is 0 Å². The van der Waals surface area contributed by atoms with Gasteiger partial charge in [0.1, 0.15) is 13.2 Å². The van der Waals surface area contributed by atoms with Crippen LogP contribution in [0, 0.1) is 0 Å². The third-order valence-electron chi connectivity index (χ3n) is 9.51. The normalized spacial score (nSPS) is 15.6. The summed E-state index contributed by atoms with van der Waals surface area (Å²) in [6.07, 6.45) is -0.218. The molecule has 14 nitrogen and oxygen atoms in total. The molecule has 0 bridgehead atoms. The molecular weight excluding hydrogens is 670 g/mol. The number of aromatic nitrogens is 2. The fourth-order valence-electron chi connectivity index (χ4n) is 6.91. The second-order valence-electron chi connectivity index (χ2n) is 12.9. The van der Waals surface area contributed by atoms with Crippen molar-refractivity contribution in [2.75, 3.05) is 18.4 Å². The molecule has 4 heterocycles. The van der Waals surface area contributed by atoms with Gasteiger partial charge >= 0.3 is 12.1 Å². The predicted molar refractivity (Wildman–Crippen MR) is 189 cm³/mol. The van der Waals surface area contributed by atoms with E-state index < -0.39 is 23.6 Å². The Balaban J connectivity index is 1.30. The summed E-state index contributed by atoms with van der Waals surface area (Å²) in [7, 11) is 0. The summed E-state index contributed by atoms with van der Waals surface area (Å²) in [5, 5.41) is 5.82. The lowest BCUT2D eigenvalue weighted by Gasteiger charge is -2.35. The van der Waals surface area contributed by atoms with Crippen LogP contribution < -0.4 is 16.2 Å². The van der Waals surface area contributed by atoms with Crippen molar-refractivity contribution in [2.45, 2.75) is 71.9 Å². The number of fused-ring (bicyclic) bond motifs is 5. The van der Waals surface area contributed by atoms with Crippen molar-refractivity contribution in [3.63, 3.8) is 0 Å². The van der Waals surface area contributed by atoms with Crippen LogP contribution in [0.5, 0.6) is 0 Å². The minimum absolute atomic E-state index is 0.00914. The Morgan fingerprint density at radius 1 is 1.10 bits per heavy atom. The van der Waals surface area contributed by atoms with Gasteiger partial charge in [0, 0.05) is 41.7 Å². The lowest BCUT2D eigenvalue weighted by atomic mass is 9.85. The SMILES string of the molecule is CC[C@@]1(OC(=O)OCc2ccc(NC(=O)CNC=O)cc2)C(=O)OCc2c1cc1n(c2=O)Cc2c-1nc1ccccc1c2CCN(C(C)=O)C(C)C. The van der Waals surface area contributed by atoms with Crippen LogP contribution >= 0.6 is 0 Å². The summed E-state index contributed by atoms with van der Waals surface area (Å²) in [5.74, 6) is -1.26. The van der Waals surface area contributed by atoms with Crippen LogP contribution in [-0.2, 0) is 65.2 Å². The molecule has 0 fully saturated rings. The quantitative estimate of drug-likeness (QED) is 0.143. The van der Waals surface area contributed by atoms with Gasteiger partial charge in [-0.3, -0.25) is 19.2 Å². The number of ether oxygens (including phenoxy) is 3. The molecule has 2 aromatic carbocycles. The number of nitrogens with zero attached hydrogens (tertiary/aromatic N) is 3. The zero-order chi connectivity index (χ0) is 37.2. The fraction of sp³-hybridized carbons (Fsp3) is 0.342. The summed E-state index contributed by atoms with van der Waals surface area (Å²) in [4.78, 5) is 82.2. The third kappa shape index (κ3) is 6.71. The molecule has 4 aromatic rings. The number of pyridine rings is 2. The number of hydrogen-bond acceptors (Lipinski definition) is 10. The molecule has 2 aliphatic rings. The first-order valence-corrected chi connectivity index (χ1v) is 17.0. The van der Waals surface area contributed by atoms with Crippen LogP contribution in [0.25, 0.3) is 22.3 Å². The molecule has 6 rings (SSSR count). The van der Waals surface area contributed by atoms with Crippen LogP contribution in [0.15, 0.2) is 59.4 Å². The molecule has 2 aliphatic heterocycles. The standard InChI is InChI=1S/C38H39N5O9/c1-5-38(52-37(49)51-19-24-10-12-25(13-11-24)40-33(46)17-39-21-44)30-16-32-34-28(18-43(32)35(47)29(30)20-50-36(38)48)26(14-15-42(22(2)3)23(4)45)27-8-6-7-9-31(27)41-34/h6-13,16,21-22H,5,14-15,17-20H2,1-4H3,(H,39,44)(H,40,46)/t38-/m0/s1. The molecule has 0 unspecified atom stereocenters. The van der Waals surface area contributed by atoms with Crippen molar-refractivity contribution in [3.8, 4) is 11.4 Å². The van der Waals surface area contributed by atoms with Gasteiger partial charge in [0.15, 0.2) is 0 Å². The van der Waals surface area contributed by atoms with Crippen molar-refractivity contribution in [1.82, 2.24) is 19.8 Å². The van der Waals surface area contributed by atoms with Gasteiger partial charge in [0.05, 0.1) is 35.6 Å². The molecule has 52 heavy (non-hydrogen) atoms. The zero-order valence-corrected chi connectivity index (χ0v) is 29.3. The van der Waals surface area contributed by atoms with Crippen molar-refractivity contribution in [3.05, 3.63) is 92.8 Å². The molecule has 2 aromatic heterocycles. The van der Waals surface area contributed by atoms with Crippen LogP contribution in [0.4, 0.5) is 10.5 Å². The Labute approximate surface area is 299 Å². The minimum Gasteiger partial charge on any atom is -0.457 e. The lowest BCUT2D eigenvalue weighted by molar-refractivity contribution is -0.175. The smallest absolute Gasteiger partial charge is 0.457 e. The van der Waals surface area contributed by atoms with E-state index in [1.165, 1.54) is 0 Å². The maximum absolute atomic E-state index is 14.2. The molecule has 0 spiro atoms. The van der Waals surface area contributed by atoms with Crippen LogP contribution in [-0.4, -0.2) is 63.9 Å². The molecular formula is C38H39N5O9. The zero-order valence-electron chi connectivity index (χ0n) is 29.3. The fourth-order valence-corrected chi connectivity index (χ4v) is 6.91. The van der Waals surface area contributed by atoms with E-state index in [-0.39, 0.29) is 61.4 Å². The highest BCUT2D eigenvalue weighted by Crippen LogP contribution is 2.42. The average molecular weight is 710 g/mol. The number of carbonyl (C=O) groups is 5. The predicted octanol–water partition coefficient (Wildman–Crippen LogP) is 3.92. The average Bonchev–Trinajstić information content (AvgIpc) is 3.49. The van der Waals surface area contributed by atoms with Gasteiger partial charge in [-0.2, -0.15) is 0 Å². The molecule has 3 amide bonds. The van der Waals surface area contributed by atoms with E-state index in [4.69, 9.17) is 19.2 Å². The van der Waals surface area contributed by atoms with E-state index in [1.54, 1.807) is 53.6 Å². The van der Waals surface area contributed by atoms with Gasteiger partial charge in [-0.05, 0) is 62.1 Å². The van der Waals surface area contributed by atoms with Gasteiger partial charge in [0.25, 0.3) is 5.56 Å².